The van der Waals surface area contributed by atoms with E-state index in [1.54, 1.807) is 31.2 Å². The number of benzene rings is 3. The van der Waals surface area contributed by atoms with E-state index in [1.807, 2.05) is 6.07 Å². The fraction of sp³-hybridized carbons (Fsp3) is 0.0500. The number of carbonyl (C=O) groups is 1. The Bertz CT molecular complexity index is 1130. The number of para-hydroxylation sites is 1. The molecule has 8 heteroatoms. The first kappa shape index (κ1) is 20.0. The van der Waals surface area contributed by atoms with Crippen molar-refractivity contribution in [2.45, 2.75) is 11.8 Å². The molecule has 0 radical (unpaired) electrons. The first-order chi connectivity index (χ1) is 13.3. The number of anilines is 2. The molecule has 0 unspecified atom stereocenters. The first-order valence-electron chi connectivity index (χ1n) is 8.21. The van der Waals surface area contributed by atoms with E-state index in [2.05, 4.69) is 26.0 Å². The smallest absolute Gasteiger partial charge is 0.261 e. The van der Waals surface area contributed by atoms with Gasteiger partial charge in [0.15, 0.2) is 0 Å². The SMILES string of the molecule is Cc1ccccc1NS(=O)(=O)c1ccc(C(=O)Nc2ccc(Br)cc2F)cc1. The highest BCUT2D eigenvalue weighted by Gasteiger charge is 2.16. The zero-order valence-electron chi connectivity index (χ0n) is 14.7. The van der Waals surface area contributed by atoms with Crippen molar-refractivity contribution in [3.05, 3.63) is 88.1 Å². The molecule has 3 aromatic rings. The molecule has 0 aliphatic heterocycles. The molecular formula is C20H16BrFN2O3S. The van der Waals surface area contributed by atoms with Crippen LogP contribution in [0.1, 0.15) is 15.9 Å². The lowest BCUT2D eigenvalue weighted by Crippen LogP contribution is -2.15. The summed E-state index contributed by atoms with van der Waals surface area (Å²) in [5.41, 5.74) is 1.51. The van der Waals surface area contributed by atoms with Gasteiger partial charge in [0, 0.05) is 10.0 Å². The van der Waals surface area contributed by atoms with Crippen LogP contribution in [0.5, 0.6) is 0 Å². The third kappa shape index (κ3) is 4.58. The summed E-state index contributed by atoms with van der Waals surface area (Å²) in [6, 6.07) is 16.7. The lowest BCUT2D eigenvalue weighted by molar-refractivity contribution is 0.102. The number of aryl methyl sites for hydroxylation is 1. The van der Waals surface area contributed by atoms with Crippen molar-refractivity contribution >= 4 is 43.2 Å². The summed E-state index contributed by atoms with van der Waals surface area (Å²) in [6.45, 7) is 1.80. The second kappa shape index (κ2) is 8.12. The van der Waals surface area contributed by atoms with Gasteiger partial charge in [0.25, 0.3) is 15.9 Å². The van der Waals surface area contributed by atoms with Crippen LogP contribution in [-0.2, 0) is 10.0 Å². The molecule has 0 bridgehead atoms. The molecule has 0 aliphatic carbocycles. The minimum atomic E-state index is -3.80. The average Bonchev–Trinajstić information content (AvgIpc) is 2.66. The Morgan fingerprint density at radius 2 is 1.64 bits per heavy atom. The maximum Gasteiger partial charge on any atom is 0.261 e. The van der Waals surface area contributed by atoms with Crippen molar-refractivity contribution in [1.29, 1.82) is 0 Å². The van der Waals surface area contributed by atoms with Gasteiger partial charge in [-0.05, 0) is 61.0 Å². The van der Waals surface area contributed by atoms with E-state index in [1.165, 1.54) is 36.4 Å². The molecule has 0 aliphatic rings. The molecule has 28 heavy (non-hydrogen) atoms. The van der Waals surface area contributed by atoms with Crippen LogP contribution in [0.25, 0.3) is 0 Å². The van der Waals surface area contributed by atoms with Gasteiger partial charge >= 0.3 is 0 Å². The van der Waals surface area contributed by atoms with Gasteiger partial charge in [-0.25, -0.2) is 12.8 Å². The standard InChI is InChI=1S/C20H16BrFN2O3S/c1-13-4-2-3-5-18(13)24-28(26,27)16-9-6-14(7-10-16)20(25)23-19-11-8-15(21)12-17(19)22/h2-12,24H,1H3,(H,23,25). The van der Waals surface area contributed by atoms with Crippen LogP contribution in [0.3, 0.4) is 0 Å². The van der Waals surface area contributed by atoms with E-state index in [0.29, 0.717) is 10.2 Å². The number of sulfonamides is 1. The molecule has 0 heterocycles. The molecule has 3 aromatic carbocycles. The van der Waals surface area contributed by atoms with Gasteiger partial charge in [0.05, 0.1) is 16.3 Å². The van der Waals surface area contributed by atoms with Crippen LogP contribution in [0, 0.1) is 12.7 Å². The average molecular weight is 463 g/mol. The molecule has 0 saturated carbocycles. The Labute approximate surface area is 170 Å². The molecule has 2 N–H and O–H groups in total. The van der Waals surface area contributed by atoms with Crippen LogP contribution < -0.4 is 10.0 Å². The lowest BCUT2D eigenvalue weighted by atomic mass is 10.2. The number of carbonyl (C=O) groups excluding carboxylic acids is 1. The quantitative estimate of drug-likeness (QED) is 0.563. The minimum Gasteiger partial charge on any atom is -0.319 e. The molecule has 0 aromatic heterocycles. The monoisotopic (exact) mass is 462 g/mol. The minimum absolute atomic E-state index is 0.0159. The van der Waals surface area contributed by atoms with Crippen molar-refractivity contribution < 1.29 is 17.6 Å². The lowest BCUT2D eigenvalue weighted by Gasteiger charge is -2.11. The van der Waals surface area contributed by atoms with Gasteiger partial charge < -0.3 is 5.32 Å². The third-order valence-electron chi connectivity index (χ3n) is 4.00. The summed E-state index contributed by atoms with van der Waals surface area (Å²) in [6.07, 6.45) is 0. The van der Waals surface area contributed by atoms with E-state index in [4.69, 9.17) is 0 Å². The number of halogens is 2. The molecule has 0 saturated heterocycles. The number of rotatable bonds is 5. The van der Waals surface area contributed by atoms with Gasteiger partial charge in [-0.2, -0.15) is 0 Å². The van der Waals surface area contributed by atoms with Crippen molar-refractivity contribution in [3.8, 4) is 0 Å². The zero-order chi connectivity index (χ0) is 20.3. The first-order valence-corrected chi connectivity index (χ1v) is 10.5. The fourth-order valence-corrected chi connectivity index (χ4v) is 3.93. The summed E-state index contributed by atoms with van der Waals surface area (Å²) >= 11 is 3.15. The summed E-state index contributed by atoms with van der Waals surface area (Å²) in [4.78, 5) is 12.3. The van der Waals surface area contributed by atoms with E-state index in [9.17, 15) is 17.6 Å². The molecule has 1 amide bonds. The van der Waals surface area contributed by atoms with E-state index < -0.39 is 21.7 Å². The maximum absolute atomic E-state index is 13.9. The fourth-order valence-electron chi connectivity index (χ4n) is 2.46. The molecule has 0 atom stereocenters. The van der Waals surface area contributed by atoms with Crippen molar-refractivity contribution in [3.63, 3.8) is 0 Å². The van der Waals surface area contributed by atoms with E-state index in [-0.39, 0.29) is 16.1 Å². The second-order valence-electron chi connectivity index (χ2n) is 6.02. The Hall–Kier alpha value is -2.71. The summed E-state index contributed by atoms with van der Waals surface area (Å²) in [7, 11) is -3.80. The van der Waals surface area contributed by atoms with Crippen molar-refractivity contribution in [1.82, 2.24) is 0 Å². The highest BCUT2D eigenvalue weighted by Crippen LogP contribution is 2.22. The summed E-state index contributed by atoms with van der Waals surface area (Å²) in [5.74, 6) is -1.12. The maximum atomic E-state index is 13.9. The predicted molar refractivity (Wildman–Crippen MR) is 110 cm³/mol. The zero-order valence-corrected chi connectivity index (χ0v) is 17.1. The van der Waals surface area contributed by atoms with Gasteiger partial charge in [0.2, 0.25) is 0 Å². The topological polar surface area (TPSA) is 75.3 Å². The van der Waals surface area contributed by atoms with Crippen LogP contribution in [0.4, 0.5) is 15.8 Å². The largest absolute Gasteiger partial charge is 0.319 e. The van der Waals surface area contributed by atoms with Crippen molar-refractivity contribution in [2.24, 2.45) is 0 Å². The molecule has 3 rings (SSSR count). The molecule has 0 fully saturated rings. The van der Waals surface area contributed by atoms with Gasteiger partial charge in [-0.3, -0.25) is 9.52 Å². The molecule has 5 nitrogen and oxygen atoms in total. The summed E-state index contributed by atoms with van der Waals surface area (Å²) < 4.78 is 42.0. The second-order valence-corrected chi connectivity index (χ2v) is 8.62. The van der Waals surface area contributed by atoms with Gasteiger partial charge in [0.1, 0.15) is 5.82 Å². The molecular weight excluding hydrogens is 447 g/mol. The number of hydrogen-bond donors (Lipinski definition) is 2. The Morgan fingerprint density at radius 3 is 2.29 bits per heavy atom. The Morgan fingerprint density at radius 1 is 0.964 bits per heavy atom. The van der Waals surface area contributed by atoms with Crippen LogP contribution in [-0.4, -0.2) is 14.3 Å². The Balaban J connectivity index is 1.77. The Kier molecular flexibility index (Phi) is 5.81. The normalized spacial score (nSPS) is 11.1. The highest BCUT2D eigenvalue weighted by molar-refractivity contribution is 9.10. The number of nitrogens with one attached hydrogen (secondary N) is 2. The predicted octanol–water partition coefficient (Wildman–Crippen LogP) is 4.95. The van der Waals surface area contributed by atoms with Crippen molar-refractivity contribution in [2.75, 3.05) is 10.0 Å². The number of amides is 1. The van der Waals surface area contributed by atoms with Crippen LogP contribution in [0.15, 0.2) is 76.1 Å². The molecule has 0 spiro atoms. The van der Waals surface area contributed by atoms with Gasteiger partial charge in [-0.1, -0.05) is 34.1 Å². The number of hydrogen-bond acceptors (Lipinski definition) is 3. The highest BCUT2D eigenvalue weighted by atomic mass is 79.9. The summed E-state index contributed by atoms with van der Waals surface area (Å²) in [5, 5.41) is 2.46. The molecule has 144 valence electrons. The van der Waals surface area contributed by atoms with E-state index in [0.717, 1.165) is 5.56 Å². The van der Waals surface area contributed by atoms with Gasteiger partial charge in [-0.15, -0.1) is 0 Å². The third-order valence-corrected chi connectivity index (χ3v) is 5.87. The van der Waals surface area contributed by atoms with Crippen LogP contribution in [0.2, 0.25) is 0 Å². The van der Waals surface area contributed by atoms with Crippen LogP contribution >= 0.6 is 15.9 Å². The van der Waals surface area contributed by atoms with E-state index >= 15 is 0 Å².